The molecule has 1 heteroatoms. The Bertz CT molecular complexity index is 95.1. The van der Waals surface area contributed by atoms with Crippen molar-refractivity contribution in [2.24, 2.45) is 0 Å². The normalized spacial score (nSPS) is 7.22. The summed E-state index contributed by atoms with van der Waals surface area (Å²) >= 11 is 0. The molecule has 0 spiro atoms. The Morgan fingerprint density at radius 1 is 1.33 bits per heavy atom. The molecule has 0 saturated carbocycles. The van der Waals surface area contributed by atoms with Crippen LogP contribution in [0.25, 0.3) is 0 Å². The van der Waals surface area contributed by atoms with Crippen LogP contribution in [0.5, 0.6) is 0 Å². The molecule has 0 amide bonds. The highest BCUT2D eigenvalue weighted by molar-refractivity contribution is 5.65. The number of hydrogen-bond donors (Lipinski definition) is 0. The third kappa shape index (κ3) is 46.1. The Morgan fingerprint density at radius 3 is 1.78 bits per heavy atom. The smallest absolute Gasteiger partial charge is 0.225 e. The Labute approximate surface area is 56.4 Å². The first-order chi connectivity index (χ1) is 4.33. The number of hydrogen-bond acceptors (Lipinski definition) is 1. The highest BCUT2D eigenvalue weighted by Gasteiger charge is 1.51. The molecule has 0 aromatic heterocycles. The van der Waals surface area contributed by atoms with E-state index in [2.05, 4.69) is 13.2 Å². The Kier molecular flexibility index (Phi) is 18.9. The van der Waals surface area contributed by atoms with Gasteiger partial charge in [-0.15, -0.1) is 0 Å². The van der Waals surface area contributed by atoms with Gasteiger partial charge in [0.1, 0.15) is 0 Å². The predicted octanol–water partition coefficient (Wildman–Crippen LogP) is 2.03. The van der Waals surface area contributed by atoms with Crippen molar-refractivity contribution in [3.63, 3.8) is 0 Å². The second-order valence-electron chi connectivity index (χ2n) is 1.09. The quantitative estimate of drug-likeness (QED) is 0.405. The lowest BCUT2D eigenvalue weighted by Gasteiger charge is -1.49. The molecule has 0 N–H and O–H groups in total. The summed E-state index contributed by atoms with van der Waals surface area (Å²) in [4.78, 5) is 9.19. The van der Waals surface area contributed by atoms with Crippen LogP contribution in [-0.2, 0) is 4.79 Å². The van der Waals surface area contributed by atoms with Crippen LogP contribution in [0.3, 0.4) is 0 Å². The average Bonchev–Trinajstić information content (AvgIpc) is 1.91. The minimum absolute atomic E-state index is 1.32. The van der Waals surface area contributed by atoms with Crippen molar-refractivity contribution in [3.8, 4) is 0 Å². The summed E-state index contributed by atoms with van der Waals surface area (Å²) in [6, 6.07) is 0. The predicted molar refractivity (Wildman–Crippen MR) is 40.9 cm³/mol. The van der Waals surface area contributed by atoms with Gasteiger partial charge in [0.2, 0.25) is 6.29 Å². The van der Waals surface area contributed by atoms with E-state index >= 15 is 0 Å². The minimum atomic E-state index is 1.32. The zero-order valence-electron chi connectivity index (χ0n) is 5.63. The van der Waals surface area contributed by atoms with Crippen molar-refractivity contribution in [2.75, 3.05) is 0 Å². The Hall–Kier alpha value is -1.11. The molecule has 0 rings (SSSR count). The number of rotatable bonds is 2. The summed E-state index contributed by atoms with van der Waals surface area (Å²) in [6.45, 7) is 8.49. The zero-order valence-corrected chi connectivity index (χ0v) is 5.63. The Morgan fingerprint density at radius 2 is 1.78 bits per heavy atom. The first-order valence-electron chi connectivity index (χ1n) is 2.55. The summed E-state index contributed by atoms with van der Waals surface area (Å²) in [7, 11) is 0. The van der Waals surface area contributed by atoms with Crippen LogP contribution >= 0.6 is 0 Å². The summed E-state index contributed by atoms with van der Waals surface area (Å²) < 4.78 is 0. The molecule has 0 unspecified atom stereocenters. The largest absolute Gasteiger partial charge is 0.286 e. The first-order valence-corrected chi connectivity index (χ1v) is 2.55. The van der Waals surface area contributed by atoms with Crippen LogP contribution in [-0.4, -0.2) is 6.29 Å². The van der Waals surface area contributed by atoms with Crippen LogP contribution in [0, 0.1) is 0 Å². The highest BCUT2D eigenvalue weighted by atomic mass is 16.1. The van der Waals surface area contributed by atoms with Gasteiger partial charge in [-0.3, -0.25) is 4.79 Å². The van der Waals surface area contributed by atoms with Gasteiger partial charge in [-0.1, -0.05) is 31.4 Å². The summed E-state index contributed by atoms with van der Waals surface area (Å²) in [6.07, 6.45) is 7.82. The lowest BCUT2D eigenvalue weighted by Crippen LogP contribution is -1.50. The minimum Gasteiger partial charge on any atom is -0.286 e. The fraction of sp³-hybridized carbons (Fsp3) is 0.125. The first kappa shape index (κ1) is 10.8. The van der Waals surface area contributed by atoms with Crippen molar-refractivity contribution >= 4 is 6.29 Å². The van der Waals surface area contributed by atoms with E-state index in [1.54, 1.807) is 31.4 Å². The Balaban J connectivity index is 0. The van der Waals surface area contributed by atoms with Crippen LogP contribution < -0.4 is 0 Å². The van der Waals surface area contributed by atoms with Gasteiger partial charge in [0.25, 0.3) is 0 Å². The van der Waals surface area contributed by atoms with Crippen LogP contribution in [0.4, 0.5) is 0 Å². The number of carbonyl (C=O) groups excluding carboxylic acids is 1. The van der Waals surface area contributed by atoms with Crippen molar-refractivity contribution < 1.29 is 4.79 Å². The molecular formula is C8H11O. The van der Waals surface area contributed by atoms with Crippen LogP contribution in [0.2, 0.25) is 0 Å². The topological polar surface area (TPSA) is 17.1 Å². The van der Waals surface area contributed by atoms with E-state index in [1.807, 2.05) is 0 Å². The molecule has 0 heterocycles. The van der Waals surface area contributed by atoms with Crippen molar-refractivity contribution in [3.05, 3.63) is 37.5 Å². The molecule has 0 fully saturated rings. The van der Waals surface area contributed by atoms with Crippen LogP contribution in [0.1, 0.15) is 6.92 Å². The van der Waals surface area contributed by atoms with E-state index < -0.39 is 0 Å². The van der Waals surface area contributed by atoms with Gasteiger partial charge >= 0.3 is 0 Å². The maximum absolute atomic E-state index is 9.19. The van der Waals surface area contributed by atoms with E-state index in [9.17, 15) is 4.79 Å². The summed E-state index contributed by atoms with van der Waals surface area (Å²) in [5, 5.41) is 0. The summed E-state index contributed by atoms with van der Waals surface area (Å²) in [5.74, 6) is 0. The fourth-order valence-electron chi connectivity index (χ4n) is 0.0680. The standard InChI is InChI=1S/C4H5O.C4H6/c1-2-3-4-5;1-3-4-2/h2-3H,1H3;3-4H,1-2H2. The highest BCUT2D eigenvalue weighted by Crippen LogP contribution is 1.55. The monoisotopic (exact) mass is 123 g/mol. The maximum Gasteiger partial charge on any atom is 0.225 e. The molecule has 0 bridgehead atoms. The second-order valence-corrected chi connectivity index (χ2v) is 1.09. The number of allylic oxidation sites excluding steroid dienone is 4. The lowest BCUT2D eigenvalue weighted by molar-refractivity contribution is 0.564. The van der Waals surface area contributed by atoms with E-state index in [0.29, 0.717) is 0 Å². The molecule has 0 saturated heterocycles. The third-order valence-electron chi connectivity index (χ3n) is 0.401. The average molecular weight is 123 g/mol. The van der Waals surface area contributed by atoms with Crippen LogP contribution in [0.15, 0.2) is 37.5 Å². The molecule has 0 aliphatic rings. The molecule has 9 heavy (non-hydrogen) atoms. The van der Waals surface area contributed by atoms with Gasteiger partial charge in [-0.2, -0.15) is 0 Å². The van der Waals surface area contributed by atoms with Gasteiger partial charge in [-0.05, 0) is 13.0 Å². The van der Waals surface area contributed by atoms with E-state index in [1.165, 1.54) is 6.08 Å². The van der Waals surface area contributed by atoms with E-state index in [4.69, 9.17) is 0 Å². The summed E-state index contributed by atoms with van der Waals surface area (Å²) in [5.41, 5.74) is 0. The van der Waals surface area contributed by atoms with Gasteiger partial charge < -0.3 is 0 Å². The molecule has 0 aromatic rings. The molecule has 49 valence electrons. The lowest BCUT2D eigenvalue weighted by atomic mass is 10.6. The molecule has 0 aliphatic carbocycles. The second kappa shape index (κ2) is 15.8. The van der Waals surface area contributed by atoms with Gasteiger partial charge in [0.05, 0.1) is 0 Å². The van der Waals surface area contributed by atoms with E-state index in [-0.39, 0.29) is 0 Å². The molecule has 0 aromatic carbocycles. The van der Waals surface area contributed by atoms with E-state index in [0.717, 1.165) is 0 Å². The molecule has 1 radical (unpaired) electrons. The zero-order chi connectivity index (χ0) is 7.54. The fourth-order valence-corrected chi connectivity index (χ4v) is 0.0680. The van der Waals surface area contributed by atoms with Gasteiger partial charge in [0, 0.05) is 0 Å². The van der Waals surface area contributed by atoms with Gasteiger partial charge in [-0.25, -0.2) is 0 Å². The third-order valence-corrected chi connectivity index (χ3v) is 0.401. The maximum atomic E-state index is 9.19. The molecule has 0 atom stereocenters. The molecular weight excluding hydrogens is 112 g/mol. The SMILES string of the molecule is C=CC=C.CC=C[C]=O. The van der Waals surface area contributed by atoms with Crippen molar-refractivity contribution in [1.82, 2.24) is 0 Å². The van der Waals surface area contributed by atoms with Crippen molar-refractivity contribution in [1.29, 1.82) is 0 Å². The van der Waals surface area contributed by atoms with Gasteiger partial charge in [0.15, 0.2) is 0 Å². The van der Waals surface area contributed by atoms with Crippen molar-refractivity contribution in [2.45, 2.75) is 6.92 Å². The molecule has 1 nitrogen and oxygen atoms in total. The molecule has 0 aliphatic heterocycles.